The Kier molecular flexibility index (Phi) is 2.84. The molecular weight excluding hydrogens is 148 g/mol. The lowest BCUT2D eigenvalue weighted by atomic mass is 10.0. The summed E-state index contributed by atoms with van der Waals surface area (Å²) in [5.74, 6) is -0.875. The lowest BCUT2D eigenvalue weighted by molar-refractivity contribution is -0.151. The summed E-state index contributed by atoms with van der Waals surface area (Å²) < 4.78 is 9.86. The third-order valence-electron chi connectivity index (χ3n) is 1.89. The SMILES string of the molecule is CO[C@H](C(=O)O)[C@H]1CCOC1. The highest BCUT2D eigenvalue weighted by Gasteiger charge is 2.30. The molecule has 11 heavy (non-hydrogen) atoms. The molecule has 1 rings (SSSR count). The Morgan fingerprint density at radius 2 is 2.55 bits per heavy atom. The van der Waals surface area contributed by atoms with Gasteiger partial charge in [-0.25, -0.2) is 4.79 Å². The molecular formula is C7H12O4. The molecule has 0 aromatic heterocycles. The third-order valence-corrected chi connectivity index (χ3v) is 1.89. The molecule has 2 atom stereocenters. The molecule has 1 N–H and O–H groups in total. The van der Waals surface area contributed by atoms with Crippen molar-refractivity contribution in [1.82, 2.24) is 0 Å². The second kappa shape index (κ2) is 3.69. The van der Waals surface area contributed by atoms with Crippen LogP contribution in [0.2, 0.25) is 0 Å². The molecule has 4 nitrogen and oxygen atoms in total. The molecule has 1 heterocycles. The predicted molar refractivity (Wildman–Crippen MR) is 37.4 cm³/mol. The van der Waals surface area contributed by atoms with Crippen LogP contribution in [-0.2, 0) is 14.3 Å². The summed E-state index contributed by atoms with van der Waals surface area (Å²) in [4.78, 5) is 10.5. The van der Waals surface area contributed by atoms with Crippen LogP contribution in [0.3, 0.4) is 0 Å². The van der Waals surface area contributed by atoms with Crippen LogP contribution >= 0.6 is 0 Å². The van der Waals surface area contributed by atoms with E-state index in [1.54, 1.807) is 0 Å². The number of hydrogen-bond acceptors (Lipinski definition) is 3. The largest absolute Gasteiger partial charge is 0.479 e. The van der Waals surface area contributed by atoms with Crippen molar-refractivity contribution in [3.8, 4) is 0 Å². The van der Waals surface area contributed by atoms with Crippen LogP contribution in [0.5, 0.6) is 0 Å². The Hall–Kier alpha value is -0.610. The second-order valence-corrected chi connectivity index (χ2v) is 2.62. The lowest BCUT2D eigenvalue weighted by Crippen LogP contribution is -2.31. The number of carbonyl (C=O) groups is 1. The molecule has 64 valence electrons. The Balaban J connectivity index is 2.46. The summed E-state index contributed by atoms with van der Waals surface area (Å²) >= 11 is 0. The van der Waals surface area contributed by atoms with Gasteiger partial charge in [0.15, 0.2) is 6.10 Å². The predicted octanol–water partition coefficient (Wildman–Crippen LogP) is 0.122. The summed E-state index contributed by atoms with van der Waals surface area (Å²) in [6.07, 6.45) is 0.0858. The van der Waals surface area contributed by atoms with Gasteiger partial charge in [-0.05, 0) is 6.42 Å². The second-order valence-electron chi connectivity index (χ2n) is 2.62. The fourth-order valence-corrected chi connectivity index (χ4v) is 1.29. The highest BCUT2D eigenvalue weighted by Crippen LogP contribution is 2.18. The van der Waals surface area contributed by atoms with Gasteiger partial charge >= 0.3 is 5.97 Å². The van der Waals surface area contributed by atoms with E-state index in [9.17, 15) is 4.79 Å². The van der Waals surface area contributed by atoms with E-state index in [2.05, 4.69) is 0 Å². The standard InChI is InChI=1S/C7H12O4/c1-10-6(7(8)9)5-2-3-11-4-5/h5-6H,2-4H2,1H3,(H,8,9)/t5-,6-/m0/s1. The molecule has 0 spiro atoms. The Labute approximate surface area is 65.1 Å². The number of ether oxygens (including phenoxy) is 2. The molecule has 0 bridgehead atoms. The van der Waals surface area contributed by atoms with Gasteiger partial charge < -0.3 is 14.6 Å². The first-order valence-corrected chi connectivity index (χ1v) is 3.59. The zero-order valence-electron chi connectivity index (χ0n) is 6.45. The molecule has 0 unspecified atom stereocenters. The number of carboxylic acids is 1. The van der Waals surface area contributed by atoms with E-state index in [-0.39, 0.29) is 5.92 Å². The van der Waals surface area contributed by atoms with E-state index in [1.807, 2.05) is 0 Å². The fourth-order valence-electron chi connectivity index (χ4n) is 1.29. The Morgan fingerprint density at radius 1 is 1.82 bits per heavy atom. The number of hydrogen-bond donors (Lipinski definition) is 1. The average Bonchev–Trinajstić information content (AvgIpc) is 2.40. The molecule has 1 aliphatic rings. The monoisotopic (exact) mass is 160 g/mol. The van der Waals surface area contributed by atoms with Crippen molar-refractivity contribution < 1.29 is 19.4 Å². The van der Waals surface area contributed by atoms with Crippen LogP contribution in [0.4, 0.5) is 0 Å². The van der Waals surface area contributed by atoms with Gasteiger partial charge in [0, 0.05) is 19.6 Å². The molecule has 0 aromatic rings. The van der Waals surface area contributed by atoms with E-state index >= 15 is 0 Å². The zero-order valence-corrected chi connectivity index (χ0v) is 6.45. The normalized spacial score (nSPS) is 26.8. The average molecular weight is 160 g/mol. The lowest BCUT2D eigenvalue weighted by Gasteiger charge is -2.15. The summed E-state index contributed by atoms with van der Waals surface area (Å²) in [7, 11) is 1.41. The number of rotatable bonds is 3. The van der Waals surface area contributed by atoms with Gasteiger partial charge in [0.2, 0.25) is 0 Å². The fraction of sp³-hybridized carbons (Fsp3) is 0.857. The first kappa shape index (κ1) is 8.49. The van der Waals surface area contributed by atoms with Crippen molar-refractivity contribution in [3.63, 3.8) is 0 Å². The number of carboxylic acid groups (broad SMARTS) is 1. The van der Waals surface area contributed by atoms with Crippen molar-refractivity contribution >= 4 is 5.97 Å². The van der Waals surface area contributed by atoms with Gasteiger partial charge in [-0.2, -0.15) is 0 Å². The molecule has 4 heteroatoms. The highest BCUT2D eigenvalue weighted by atomic mass is 16.5. The van der Waals surface area contributed by atoms with Crippen LogP contribution in [0.25, 0.3) is 0 Å². The van der Waals surface area contributed by atoms with E-state index in [0.717, 1.165) is 6.42 Å². The van der Waals surface area contributed by atoms with Gasteiger partial charge in [0.25, 0.3) is 0 Å². The molecule has 0 amide bonds. The molecule has 0 radical (unpaired) electrons. The minimum Gasteiger partial charge on any atom is -0.479 e. The summed E-state index contributed by atoms with van der Waals surface area (Å²) in [5.41, 5.74) is 0. The summed E-state index contributed by atoms with van der Waals surface area (Å²) in [6.45, 7) is 1.16. The van der Waals surface area contributed by atoms with Crippen LogP contribution in [0, 0.1) is 5.92 Å². The Bertz CT molecular complexity index is 139. The quantitative estimate of drug-likeness (QED) is 0.637. The van der Waals surface area contributed by atoms with E-state index in [4.69, 9.17) is 14.6 Å². The van der Waals surface area contributed by atoms with E-state index in [0.29, 0.717) is 13.2 Å². The van der Waals surface area contributed by atoms with Gasteiger partial charge in [-0.15, -0.1) is 0 Å². The molecule has 1 fully saturated rings. The maximum Gasteiger partial charge on any atom is 0.333 e. The van der Waals surface area contributed by atoms with Crippen molar-refractivity contribution in [3.05, 3.63) is 0 Å². The van der Waals surface area contributed by atoms with Crippen LogP contribution < -0.4 is 0 Å². The first-order chi connectivity index (χ1) is 5.25. The highest BCUT2D eigenvalue weighted by molar-refractivity contribution is 5.72. The maximum atomic E-state index is 10.5. The molecule has 1 saturated heterocycles. The van der Waals surface area contributed by atoms with Gasteiger partial charge in [0.05, 0.1) is 6.61 Å². The summed E-state index contributed by atoms with van der Waals surface area (Å²) in [5, 5.41) is 8.65. The van der Waals surface area contributed by atoms with E-state index < -0.39 is 12.1 Å². The topological polar surface area (TPSA) is 55.8 Å². The van der Waals surface area contributed by atoms with E-state index in [1.165, 1.54) is 7.11 Å². The zero-order chi connectivity index (χ0) is 8.27. The van der Waals surface area contributed by atoms with Crippen molar-refractivity contribution in [2.75, 3.05) is 20.3 Å². The number of methoxy groups -OCH3 is 1. The van der Waals surface area contributed by atoms with Crippen LogP contribution in [0.15, 0.2) is 0 Å². The van der Waals surface area contributed by atoms with Gasteiger partial charge in [-0.3, -0.25) is 0 Å². The minimum atomic E-state index is -0.900. The maximum absolute atomic E-state index is 10.5. The molecule has 0 aliphatic carbocycles. The van der Waals surface area contributed by atoms with Crippen LogP contribution in [0.1, 0.15) is 6.42 Å². The van der Waals surface area contributed by atoms with Crippen LogP contribution in [-0.4, -0.2) is 37.5 Å². The van der Waals surface area contributed by atoms with Crippen molar-refractivity contribution in [2.45, 2.75) is 12.5 Å². The van der Waals surface area contributed by atoms with Gasteiger partial charge in [-0.1, -0.05) is 0 Å². The minimum absolute atomic E-state index is 0.0255. The van der Waals surface area contributed by atoms with Crippen molar-refractivity contribution in [2.24, 2.45) is 5.92 Å². The van der Waals surface area contributed by atoms with Crippen molar-refractivity contribution in [1.29, 1.82) is 0 Å². The smallest absolute Gasteiger partial charge is 0.333 e. The summed E-state index contributed by atoms with van der Waals surface area (Å²) in [6, 6.07) is 0. The number of aliphatic carboxylic acids is 1. The Morgan fingerprint density at radius 3 is 2.91 bits per heavy atom. The molecule has 1 aliphatic heterocycles. The van der Waals surface area contributed by atoms with Gasteiger partial charge in [0.1, 0.15) is 0 Å². The third kappa shape index (κ3) is 1.91. The first-order valence-electron chi connectivity index (χ1n) is 3.59. The molecule has 0 saturated carbocycles. The molecule has 0 aromatic carbocycles.